The highest BCUT2D eigenvalue weighted by Crippen LogP contribution is 2.20. The topological polar surface area (TPSA) is 43.1 Å². The fourth-order valence-corrected chi connectivity index (χ4v) is 1.43. The largest absolute Gasteiger partial charge is 0.370 e. The van der Waals surface area contributed by atoms with Crippen molar-refractivity contribution in [2.75, 3.05) is 0 Å². The summed E-state index contributed by atoms with van der Waals surface area (Å²) in [5.41, 5.74) is 6.03. The van der Waals surface area contributed by atoms with Gasteiger partial charge in [0.15, 0.2) is 0 Å². The van der Waals surface area contributed by atoms with Crippen molar-refractivity contribution < 1.29 is 4.79 Å². The Morgan fingerprint density at radius 1 is 1.50 bits per heavy atom. The van der Waals surface area contributed by atoms with E-state index in [2.05, 4.69) is 21.9 Å². The Kier molecular flexibility index (Phi) is 3.73. The van der Waals surface area contributed by atoms with Gasteiger partial charge in [-0.05, 0) is 17.7 Å². The van der Waals surface area contributed by atoms with E-state index in [9.17, 15) is 4.79 Å². The average Bonchev–Trinajstić information content (AvgIpc) is 2.15. The Bertz CT molecular complexity index is 364. The number of hydrogen-bond donors (Lipinski definition) is 1. The smallest absolute Gasteiger partial charge is 0.219 e. The second kappa shape index (κ2) is 4.83. The van der Waals surface area contributed by atoms with Crippen LogP contribution in [0.1, 0.15) is 17.9 Å². The van der Waals surface area contributed by atoms with Crippen LogP contribution in [0, 0.1) is 12.3 Å². The van der Waals surface area contributed by atoms with Gasteiger partial charge < -0.3 is 5.73 Å². The molecule has 2 N–H and O–H groups in total. The molecule has 1 atom stereocenters. The molecular weight excluding hydrogens is 242 g/mol. The predicted molar refractivity (Wildman–Crippen MR) is 59.5 cm³/mol. The lowest BCUT2D eigenvalue weighted by Gasteiger charge is -2.08. The Morgan fingerprint density at radius 2 is 2.07 bits per heavy atom. The van der Waals surface area contributed by atoms with Crippen molar-refractivity contribution in [3.8, 4) is 12.3 Å². The number of primary amides is 1. The molecule has 3 heteroatoms. The molecule has 0 aliphatic heterocycles. The molecule has 0 aromatic heterocycles. The molecule has 0 heterocycles. The van der Waals surface area contributed by atoms with E-state index in [4.69, 9.17) is 12.2 Å². The first-order valence-electron chi connectivity index (χ1n) is 4.13. The molecule has 0 saturated heterocycles. The number of benzene rings is 1. The molecule has 14 heavy (non-hydrogen) atoms. The van der Waals surface area contributed by atoms with E-state index >= 15 is 0 Å². The van der Waals surface area contributed by atoms with Crippen LogP contribution in [0.5, 0.6) is 0 Å². The van der Waals surface area contributed by atoms with Crippen molar-refractivity contribution in [1.82, 2.24) is 0 Å². The summed E-state index contributed by atoms with van der Waals surface area (Å²) < 4.78 is 0.982. The molecule has 2 nitrogen and oxygen atoms in total. The molecule has 1 rings (SSSR count). The van der Waals surface area contributed by atoms with Crippen LogP contribution in [0.15, 0.2) is 28.7 Å². The first-order chi connectivity index (χ1) is 6.63. The van der Waals surface area contributed by atoms with Gasteiger partial charge in [0.05, 0.1) is 5.92 Å². The van der Waals surface area contributed by atoms with Crippen molar-refractivity contribution in [2.24, 2.45) is 5.73 Å². The summed E-state index contributed by atoms with van der Waals surface area (Å²) in [4.78, 5) is 10.7. The second-order valence-corrected chi connectivity index (χ2v) is 3.86. The maximum atomic E-state index is 10.7. The standard InChI is InChI=1S/C11H10BrNO/c1-2-8(7-11(13)14)9-3-5-10(12)6-4-9/h1,3-6,8H,7H2,(H2,13,14)/t8-/m0/s1. The molecule has 72 valence electrons. The highest BCUT2D eigenvalue weighted by molar-refractivity contribution is 9.10. The second-order valence-electron chi connectivity index (χ2n) is 2.94. The van der Waals surface area contributed by atoms with Gasteiger partial charge in [0.25, 0.3) is 0 Å². The summed E-state index contributed by atoms with van der Waals surface area (Å²) >= 11 is 3.32. The van der Waals surface area contributed by atoms with Crippen LogP contribution >= 0.6 is 15.9 Å². The molecule has 0 aliphatic carbocycles. The molecule has 0 unspecified atom stereocenters. The monoisotopic (exact) mass is 251 g/mol. The molecule has 0 radical (unpaired) electrons. The average molecular weight is 252 g/mol. The predicted octanol–water partition coefficient (Wildman–Crippen LogP) is 2.04. The zero-order valence-corrected chi connectivity index (χ0v) is 9.12. The Labute approximate surface area is 91.6 Å². The fraction of sp³-hybridized carbons (Fsp3) is 0.182. The third-order valence-corrected chi connectivity index (χ3v) is 2.41. The molecular formula is C11H10BrNO. The summed E-state index contributed by atoms with van der Waals surface area (Å²) in [5, 5.41) is 0. The zero-order chi connectivity index (χ0) is 10.6. The van der Waals surface area contributed by atoms with Gasteiger partial charge in [0, 0.05) is 10.9 Å². The minimum Gasteiger partial charge on any atom is -0.370 e. The zero-order valence-electron chi connectivity index (χ0n) is 7.53. The molecule has 1 amide bonds. The number of terminal acetylenes is 1. The summed E-state index contributed by atoms with van der Waals surface area (Å²) in [6.45, 7) is 0. The Balaban J connectivity index is 2.85. The van der Waals surface area contributed by atoms with Crippen LogP contribution in [0.25, 0.3) is 0 Å². The molecule has 0 saturated carbocycles. The maximum absolute atomic E-state index is 10.7. The number of carbonyl (C=O) groups excluding carboxylic acids is 1. The van der Waals surface area contributed by atoms with Crippen LogP contribution in [-0.4, -0.2) is 5.91 Å². The fourth-order valence-electron chi connectivity index (χ4n) is 1.17. The van der Waals surface area contributed by atoms with Crippen LogP contribution in [0.3, 0.4) is 0 Å². The Hall–Kier alpha value is -1.27. The first-order valence-corrected chi connectivity index (χ1v) is 4.92. The molecule has 0 spiro atoms. The molecule has 1 aromatic carbocycles. The van der Waals surface area contributed by atoms with E-state index in [0.29, 0.717) is 0 Å². The number of carbonyl (C=O) groups is 1. The normalized spacial score (nSPS) is 11.7. The number of hydrogen-bond acceptors (Lipinski definition) is 1. The van der Waals surface area contributed by atoms with Crippen LogP contribution in [0.4, 0.5) is 0 Å². The SMILES string of the molecule is C#C[C@@H](CC(N)=O)c1ccc(Br)cc1. The molecule has 0 fully saturated rings. The van der Waals surface area contributed by atoms with Gasteiger partial charge in [0.2, 0.25) is 5.91 Å². The van der Waals surface area contributed by atoms with Crippen molar-refractivity contribution in [3.63, 3.8) is 0 Å². The number of amides is 1. The van der Waals surface area contributed by atoms with E-state index in [1.807, 2.05) is 24.3 Å². The van der Waals surface area contributed by atoms with Crippen molar-refractivity contribution in [3.05, 3.63) is 34.3 Å². The highest BCUT2D eigenvalue weighted by atomic mass is 79.9. The van der Waals surface area contributed by atoms with Gasteiger partial charge in [-0.25, -0.2) is 0 Å². The lowest BCUT2D eigenvalue weighted by atomic mass is 9.96. The van der Waals surface area contributed by atoms with Crippen molar-refractivity contribution in [1.29, 1.82) is 0 Å². The van der Waals surface area contributed by atoms with E-state index < -0.39 is 0 Å². The minimum absolute atomic E-state index is 0.193. The third kappa shape index (κ3) is 2.90. The number of halogens is 1. The third-order valence-electron chi connectivity index (χ3n) is 1.88. The summed E-state index contributed by atoms with van der Waals surface area (Å²) in [7, 11) is 0. The summed E-state index contributed by atoms with van der Waals surface area (Å²) in [6.07, 6.45) is 5.51. The quantitative estimate of drug-likeness (QED) is 0.822. The van der Waals surface area contributed by atoms with Gasteiger partial charge in [0.1, 0.15) is 0 Å². The first kappa shape index (κ1) is 10.8. The number of rotatable bonds is 3. The van der Waals surface area contributed by atoms with E-state index in [1.54, 1.807) is 0 Å². The van der Waals surface area contributed by atoms with Crippen LogP contribution in [-0.2, 0) is 4.79 Å². The molecule has 0 bridgehead atoms. The molecule has 1 aromatic rings. The van der Waals surface area contributed by atoms with E-state index in [-0.39, 0.29) is 18.2 Å². The summed E-state index contributed by atoms with van der Waals surface area (Å²) in [5.74, 6) is 1.95. The van der Waals surface area contributed by atoms with Crippen molar-refractivity contribution >= 4 is 21.8 Å². The van der Waals surface area contributed by atoms with Crippen molar-refractivity contribution in [2.45, 2.75) is 12.3 Å². The van der Waals surface area contributed by atoms with E-state index in [0.717, 1.165) is 10.0 Å². The molecule has 0 aliphatic rings. The van der Waals surface area contributed by atoms with Gasteiger partial charge in [-0.1, -0.05) is 34.0 Å². The lowest BCUT2D eigenvalue weighted by molar-refractivity contribution is -0.118. The van der Waals surface area contributed by atoms with Gasteiger partial charge in [-0.2, -0.15) is 0 Å². The lowest BCUT2D eigenvalue weighted by Crippen LogP contribution is -2.14. The van der Waals surface area contributed by atoms with Crippen LogP contribution in [0.2, 0.25) is 0 Å². The van der Waals surface area contributed by atoms with Gasteiger partial charge in [-0.15, -0.1) is 6.42 Å². The Morgan fingerprint density at radius 3 is 2.50 bits per heavy atom. The maximum Gasteiger partial charge on any atom is 0.219 e. The number of nitrogens with two attached hydrogens (primary N) is 1. The highest BCUT2D eigenvalue weighted by Gasteiger charge is 2.10. The minimum atomic E-state index is -0.379. The van der Waals surface area contributed by atoms with Crippen LogP contribution < -0.4 is 5.73 Å². The van der Waals surface area contributed by atoms with Gasteiger partial charge >= 0.3 is 0 Å². The van der Waals surface area contributed by atoms with E-state index in [1.165, 1.54) is 0 Å². The summed E-state index contributed by atoms with van der Waals surface area (Å²) in [6, 6.07) is 7.55. The van der Waals surface area contributed by atoms with Gasteiger partial charge in [-0.3, -0.25) is 4.79 Å².